The topological polar surface area (TPSA) is 26.0 Å². The molecule has 0 aliphatic heterocycles. The van der Waals surface area contributed by atoms with E-state index in [-0.39, 0.29) is 11.4 Å². The van der Waals surface area contributed by atoms with Crippen molar-refractivity contribution in [1.29, 1.82) is 0 Å². The van der Waals surface area contributed by atoms with Gasteiger partial charge in [-0.2, -0.15) is 0 Å². The summed E-state index contributed by atoms with van der Waals surface area (Å²) in [6, 6.07) is 6.93. The molecule has 14 heavy (non-hydrogen) atoms. The zero-order valence-electron chi connectivity index (χ0n) is 8.30. The van der Waals surface area contributed by atoms with E-state index >= 15 is 0 Å². The molecular formula is C12H16FN. The third-order valence-electron chi connectivity index (χ3n) is 3.10. The van der Waals surface area contributed by atoms with Crippen LogP contribution in [0.2, 0.25) is 0 Å². The average molecular weight is 193 g/mol. The fraction of sp³-hybridized carbons (Fsp3) is 0.500. The fourth-order valence-electron chi connectivity index (χ4n) is 2.28. The first-order valence-corrected chi connectivity index (χ1v) is 5.22. The first kappa shape index (κ1) is 9.66. The van der Waals surface area contributed by atoms with Crippen LogP contribution in [0.5, 0.6) is 0 Å². The van der Waals surface area contributed by atoms with Gasteiger partial charge in [-0.3, -0.25) is 0 Å². The first-order valence-electron chi connectivity index (χ1n) is 5.22. The molecule has 2 heteroatoms. The smallest absolute Gasteiger partial charge is 0.126 e. The van der Waals surface area contributed by atoms with Gasteiger partial charge in [0.05, 0.1) is 0 Å². The fourth-order valence-corrected chi connectivity index (χ4v) is 2.28. The van der Waals surface area contributed by atoms with Gasteiger partial charge in [0.25, 0.3) is 0 Å². The van der Waals surface area contributed by atoms with Gasteiger partial charge in [-0.05, 0) is 30.9 Å². The van der Waals surface area contributed by atoms with Crippen molar-refractivity contribution < 1.29 is 4.39 Å². The monoisotopic (exact) mass is 193 g/mol. The molecule has 0 spiro atoms. The minimum atomic E-state index is -0.151. The quantitative estimate of drug-likeness (QED) is 0.767. The molecule has 0 aromatic heterocycles. The molecule has 0 heterocycles. The Bertz CT molecular complexity index is 316. The van der Waals surface area contributed by atoms with Crippen molar-refractivity contribution in [3.8, 4) is 0 Å². The molecule has 1 aromatic carbocycles. The van der Waals surface area contributed by atoms with Crippen LogP contribution < -0.4 is 5.73 Å². The molecule has 1 fully saturated rings. The van der Waals surface area contributed by atoms with Crippen LogP contribution in [-0.2, 0) is 6.42 Å². The van der Waals surface area contributed by atoms with E-state index < -0.39 is 0 Å². The second-order valence-electron chi connectivity index (χ2n) is 4.34. The number of halogens is 1. The van der Waals surface area contributed by atoms with Crippen LogP contribution in [0.1, 0.15) is 31.2 Å². The summed E-state index contributed by atoms with van der Waals surface area (Å²) in [5.74, 6) is -0.121. The van der Waals surface area contributed by atoms with Crippen molar-refractivity contribution in [3.05, 3.63) is 35.6 Å². The summed E-state index contributed by atoms with van der Waals surface area (Å²) < 4.78 is 13.4. The predicted molar refractivity (Wildman–Crippen MR) is 55.5 cm³/mol. The second-order valence-corrected chi connectivity index (χ2v) is 4.34. The molecule has 0 bridgehead atoms. The van der Waals surface area contributed by atoms with Gasteiger partial charge in [0, 0.05) is 5.54 Å². The molecule has 1 nitrogen and oxygen atoms in total. The zero-order valence-corrected chi connectivity index (χ0v) is 8.30. The van der Waals surface area contributed by atoms with Crippen LogP contribution in [0.25, 0.3) is 0 Å². The van der Waals surface area contributed by atoms with E-state index in [2.05, 4.69) is 0 Å². The third kappa shape index (κ3) is 1.95. The Hall–Kier alpha value is -0.890. The van der Waals surface area contributed by atoms with Crippen LogP contribution in [-0.4, -0.2) is 5.54 Å². The van der Waals surface area contributed by atoms with Gasteiger partial charge in [0.2, 0.25) is 0 Å². The maximum absolute atomic E-state index is 13.4. The Morgan fingerprint density at radius 3 is 2.50 bits per heavy atom. The minimum absolute atomic E-state index is 0.121. The van der Waals surface area contributed by atoms with Gasteiger partial charge in [0.1, 0.15) is 5.82 Å². The highest BCUT2D eigenvalue weighted by Crippen LogP contribution is 2.30. The van der Waals surface area contributed by atoms with E-state index in [0.29, 0.717) is 6.42 Å². The van der Waals surface area contributed by atoms with Gasteiger partial charge < -0.3 is 5.73 Å². The third-order valence-corrected chi connectivity index (χ3v) is 3.10. The lowest BCUT2D eigenvalue weighted by atomic mass is 9.90. The molecule has 0 radical (unpaired) electrons. The van der Waals surface area contributed by atoms with Crippen LogP contribution in [0, 0.1) is 5.82 Å². The standard InChI is InChI=1S/C12H16FN/c13-11-6-2-1-5-10(11)9-12(14)7-3-4-8-12/h1-2,5-6H,3-4,7-9,14H2. The molecule has 76 valence electrons. The Kier molecular flexibility index (Phi) is 2.55. The van der Waals surface area contributed by atoms with Gasteiger partial charge >= 0.3 is 0 Å². The number of benzene rings is 1. The summed E-state index contributed by atoms with van der Waals surface area (Å²) in [4.78, 5) is 0. The van der Waals surface area contributed by atoms with E-state index in [0.717, 1.165) is 18.4 Å². The van der Waals surface area contributed by atoms with Crippen LogP contribution in [0.15, 0.2) is 24.3 Å². The second kappa shape index (κ2) is 3.70. The lowest BCUT2D eigenvalue weighted by Gasteiger charge is -2.23. The highest BCUT2D eigenvalue weighted by atomic mass is 19.1. The molecule has 2 rings (SSSR count). The summed E-state index contributed by atoms with van der Waals surface area (Å²) in [5, 5.41) is 0. The Morgan fingerprint density at radius 2 is 1.86 bits per heavy atom. The van der Waals surface area contributed by atoms with E-state index in [1.165, 1.54) is 18.9 Å². The maximum Gasteiger partial charge on any atom is 0.126 e. The van der Waals surface area contributed by atoms with Crippen molar-refractivity contribution in [2.45, 2.75) is 37.6 Å². The molecule has 0 amide bonds. The lowest BCUT2D eigenvalue weighted by molar-refractivity contribution is 0.427. The molecular weight excluding hydrogens is 177 g/mol. The van der Waals surface area contributed by atoms with Crippen LogP contribution in [0.4, 0.5) is 4.39 Å². The summed E-state index contributed by atoms with van der Waals surface area (Å²) in [7, 11) is 0. The molecule has 1 aliphatic rings. The molecule has 0 unspecified atom stereocenters. The Balaban J connectivity index is 2.14. The van der Waals surface area contributed by atoms with Crippen molar-refractivity contribution in [1.82, 2.24) is 0 Å². The maximum atomic E-state index is 13.4. The van der Waals surface area contributed by atoms with Crippen molar-refractivity contribution in [3.63, 3.8) is 0 Å². The average Bonchev–Trinajstić information content (AvgIpc) is 2.57. The number of nitrogens with two attached hydrogens (primary N) is 1. The highest BCUT2D eigenvalue weighted by molar-refractivity contribution is 5.20. The van der Waals surface area contributed by atoms with E-state index in [1.807, 2.05) is 12.1 Å². The molecule has 1 saturated carbocycles. The van der Waals surface area contributed by atoms with E-state index in [1.54, 1.807) is 6.07 Å². The minimum Gasteiger partial charge on any atom is -0.325 e. The first-order chi connectivity index (χ1) is 6.70. The lowest BCUT2D eigenvalue weighted by Crippen LogP contribution is -2.38. The number of hydrogen-bond donors (Lipinski definition) is 1. The number of hydrogen-bond acceptors (Lipinski definition) is 1. The highest BCUT2D eigenvalue weighted by Gasteiger charge is 2.29. The Labute approximate surface area is 84.1 Å². The Morgan fingerprint density at radius 1 is 1.21 bits per heavy atom. The van der Waals surface area contributed by atoms with Gasteiger partial charge in [-0.1, -0.05) is 31.0 Å². The molecule has 0 atom stereocenters. The van der Waals surface area contributed by atoms with Gasteiger partial charge in [-0.25, -0.2) is 4.39 Å². The molecule has 0 saturated heterocycles. The predicted octanol–water partition coefficient (Wildman–Crippen LogP) is 2.64. The van der Waals surface area contributed by atoms with Crippen LogP contribution in [0.3, 0.4) is 0 Å². The zero-order chi connectivity index (χ0) is 10.0. The van der Waals surface area contributed by atoms with E-state index in [4.69, 9.17) is 5.73 Å². The molecule has 2 N–H and O–H groups in total. The molecule has 1 aromatic rings. The number of rotatable bonds is 2. The molecule has 1 aliphatic carbocycles. The summed E-state index contributed by atoms with van der Waals surface area (Å²) in [6.45, 7) is 0. The normalized spacial score (nSPS) is 19.9. The van der Waals surface area contributed by atoms with Crippen LogP contribution >= 0.6 is 0 Å². The largest absolute Gasteiger partial charge is 0.325 e. The summed E-state index contributed by atoms with van der Waals surface area (Å²) in [5.41, 5.74) is 6.80. The van der Waals surface area contributed by atoms with Gasteiger partial charge in [0.15, 0.2) is 0 Å². The van der Waals surface area contributed by atoms with E-state index in [9.17, 15) is 4.39 Å². The van der Waals surface area contributed by atoms with Crippen molar-refractivity contribution in [2.24, 2.45) is 5.73 Å². The SMILES string of the molecule is NC1(Cc2ccccc2F)CCCC1. The summed E-state index contributed by atoms with van der Waals surface area (Å²) >= 11 is 0. The summed E-state index contributed by atoms with van der Waals surface area (Å²) in [6.07, 6.45) is 5.11. The van der Waals surface area contributed by atoms with Crippen molar-refractivity contribution in [2.75, 3.05) is 0 Å². The van der Waals surface area contributed by atoms with Gasteiger partial charge in [-0.15, -0.1) is 0 Å². The van der Waals surface area contributed by atoms with Crippen molar-refractivity contribution >= 4 is 0 Å².